The Bertz CT molecular complexity index is 765. The van der Waals surface area contributed by atoms with E-state index >= 15 is 0 Å². The molecular formula is C25H40N2O4. The molecule has 6 heteroatoms. The van der Waals surface area contributed by atoms with Crippen molar-refractivity contribution in [1.29, 1.82) is 0 Å². The zero-order chi connectivity index (χ0) is 22.4. The van der Waals surface area contributed by atoms with Crippen LogP contribution in [0.2, 0.25) is 0 Å². The summed E-state index contributed by atoms with van der Waals surface area (Å²) >= 11 is 0. The van der Waals surface area contributed by atoms with E-state index in [1.807, 2.05) is 0 Å². The van der Waals surface area contributed by atoms with Gasteiger partial charge in [-0.15, -0.1) is 0 Å². The molecule has 0 unspecified atom stereocenters. The predicted octanol–water partition coefficient (Wildman–Crippen LogP) is 5.21. The van der Waals surface area contributed by atoms with Crippen LogP contribution in [0.3, 0.4) is 0 Å². The molecule has 0 bridgehead atoms. The summed E-state index contributed by atoms with van der Waals surface area (Å²) in [6.45, 7) is 8.61. The largest absolute Gasteiger partial charge is 0.463 e. The van der Waals surface area contributed by atoms with Gasteiger partial charge >= 0.3 is 5.97 Å². The second kappa shape index (κ2) is 8.40. The number of ether oxygens (including phenoxy) is 1. The van der Waals surface area contributed by atoms with Crippen molar-refractivity contribution in [2.45, 2.75) is 85.2 Å². The third-order valence-electron chi connectivity index (χ3n) is 9.67. The van der Waals surface area contributed by atoms with Gasteiger partial charge in [-0.2, -0.15) is 0 Å². The highest BCUT2D eigenvalue weighted by Gasteiger charge is 2.62. The highest BCUT2D eigenvalue weighted by Crippen LogP contribution is 2.67. The van der Waals surface area contributed by atoms with Crippen LogP contribution in [0.4, 0.5) is 0 Å². The summed E-state index contributed by atoms with van der Waals surface area (Å²) in [4.78, 5) is 21.9. The first-order valence-electron chi connectivity index (χ1n) is 12.1. The molecule has 31 heavy (non-hydrogen) atoms. The van der Waals surface area contributed by atoms with Gasteiger partial charge in [0, 0.05) is 12.8 Å². The molecule has 0 N–H and O–H groups in total. The van der Waals surface area contributed by atoms with Crippen LogP contribution in [-0.2, 0) is 19.2 Å². The smallest absolute Gasteiger partial charge is 0.302 e. The molecule has 4 fully saturated rings. The Labute approximate surface area is 187 Å². The first-order valence-corrected chi connectivity index (χ1v) is 12.1. The highest BCUT2D eigenvalue weighted by atomic mass is 16.6. The molecule has 0 heterocycles. The molecule has 4 saturated carbocycles. The van der Waals surface area contributed by atoms with Gasteiger partial charge < -0.3 is 14.4 Å². The summed E-state index contributed by atoms with van der Waals surface area (Å²) in [7, 11) is 3.27. The summed E-state index contributed by atoms with van der Waals surface area (Å²) in [5, 5.41) is 8.81. The van der Waals surface area contributed by atoms with E-state index in [1.165, 1.54) is 39.0 Å². The van der Waals surface area contributed by atoms with Gasteiger partial charge in [0.2, 0.25) is 0 Å². The van der Waals surface area contributed by atoms with Crippen molar-refractivity contribution in [3.05, 3.63) is 0 Å². The molecule has 6 nitrogen and oxygen atoms in total. The number of hydrogen-bond donors (Lipinski definition) is 0. The number of nitrogens with zero attached hydrogens (tertiary/aromatic N) is 2. The lowest BCUT2D eigenvalue weighted by atomic mass is 9.44. The minimum Gasteiger partial charge on any atom is -0.463 e. The second-order valence-corrected chi connectivity index (χ2v) is 11.0. The van der Waals surface area contributed by atoms with Gasteiger partial charge in [-0.1, -0.05) is 24.2 Å². The van der Waals surface area contributed by atoms with E-state index in [4.69, 9.17) is 14.4 Å². The first-order chi connectivity index (χ1) is 14.7. The van der Waals surface area contributed by atoms with E-state index in [-0.39, 0.29) is 23.4 Å². The third kappa shape index (κ3) is 3.68. The Balaban J connectivity index is 1.60. The van der Waals surface area contributed by atoms with Crippen LogP contribution in [0.15, 0.2) is 10.3 Å². The SMILES string of the molecule is CO/N=C(/C)[C@H]1/C(=N\OC)C[C@H]2[C@@H]3CC[C@H]4C[C@@H](OC(C)=O)CC[C@]4(C)[C@H]3CC[C@]12C. The Morgan fingerprint density at radius 1 is 0.968 bits per heavy atom. The molecule has 0 aromatic rings. The summed E-state index contributed by atoms with van der Waals surface area (Å²) in [6, 6.07) is 0. The fourth-order valence-corrected chi connectivity index (χ4v) is 8.50. The van der Waals surface area contributed by atoms with E-state index < -0.39 is 0 Å². The predicted molar refractivity (Wildman–Crippen MR) is 121 cm³/mol. The van der Waals surface area contributed by atoms with Gasteiger partial charge in [0.1, 0.15) is 20.3 Å². The lowest BCUT2D eigenvalue weighted by Crippen LogP contribution is -2.54. The number of rotatable bonds is 4. The average Bonchev–Trinajstić information content (AvgIpc) is 3.00. The molecule has 8 atom stereocenters. The van der Waals surface area contributed by atoms with Crippen LogP contribution in [0, 0.1) is 40.4 Å². The standard InChI is InChI=1S/C25H40N2O4/c1-15(26-29-5)23-22(27-30-6)14-21-19-8-7-17-13-18(31-16(2)28)9-11-24(17,3)20(19)10-12-25(21,23)4/h17-21,23H,7-14H2,1-6H3/b26-15-,27-22-/t17-,18-,19+,20-,21-,23-,24-,25-/m0/s1. The van der Waals surface area contributed by atoms with Gasteiger partial charge in [0.05, 0.1) is 11.4 Å². The molecule has 0 spiro atoms. The Morgan fingerprint density at radius 2 is 1.71 bits per heavy atom. The fourth-order valence-electron chi connectivity index (χ4n) is 8.50. The molecule has 0 aromatic carbocycles. The molecule has 0 saturated heterocycles. The molecule has 4 aliphatic rings. The van der Waals surface area contributed by atoms with E-state index in [9.17, 15) is 4.79 Å². The lowest BCUT2D eigenvalue weighted by molar-refractivity contribution is -0.159. The van der Waals surface area contributed by atoms with Gasteiger partial charge in [-0.25, -0.2) is 0 Å². The maximum absolute atomic E-state index is 11.5. The third-order valence-corrected chi connectivity index (χ3v) is 9.67. The maximum Gasteiger partial charge on any atom is 0.302 e. The van der Waals surface area contributed by atoms with Crippen molar-refractivity contribution in [3.8, 4) is 0 Å². The summed E-state index contributed by atoms with van der Waals surface area (Å²) in [5.41, 5.74) is 2.67. The van der Waals surface area contributed by atoms with Gasteiger partial charge in [0.25, 0.3) is 0 Å². The average molecular weight is 433 g/mol. The molecule has 0 aliphatic heterocycles. The quantitative estimate of drug-likeness (QED) is 0.347. The van der Waals surface area contributed by atoms with Crippen molar-refractivity contribution < 1.29 is 19.2 Å². The molecule has 0 aromatic heterocycles. The zero-order valence-electron chi connectivity index (χ0n) is 20.1. The van der Waals surface area contributed by atoms with Gasteiger partial charge in [-0.3, -0.25) is 4.79 Å². The van der Waals surface area contributed by atoms with E-state index in [0.717, 1.165) is 36.6 Å². The molecule has 4 rings (SSSR count). The molecule has 174 valence electrons. The normalized spacial score (nSPS) is 46.0. The molecule has 0 radical (unpaired) electrons. The number of oxime groups is 2. The molecular weight excluding hydrogens is 392 g/mol. The van der Waals surface area contributed by atoms with Crippen LogP contribution in [0.5, 0.6) is 0 Å². The van der Waals surface area contributed by atoms with E-state index in [0.29, 0.717) is 23.2 Å². The van der Waals surface area contributed by atoms with Crippen molar-refractivity contribution in [3.63, 3.8) is 0 Å². The van der Waals surface area contributed by atoms with Gasteiger partial charge in [0.15, 0.2) is 0 Å². The fraction of sp³-hybridized carbons (Fsp3) is 0.880. The number of carbonyl (C=O) groups is 1. The minimum absolute atomic E-state index is 0.116. The van der Waals surface area contributed by atoms with Crippen LogP contribution in [0.1, 0.15) is 79.1 Å². The summed E-state index contributed by atoms with van der Waals surface area (Å²) in [5.74, 6) is 2.79. The van der Waals surface area contributed by atoms with Crippen molar-refractivity contribution in [2.24, 2.45) is 50.7 Å². The Morgan fingerprint density at radius 3 is 2.39 bits per heavy atom. The second-order valence-electron chi connectivity index (χ2n) is 11.0. The first kappa shape index (κ1) is 22.6. The van der Waals surface area contributed by atoms with Crippen molar-refractivity contribution in [1.82, 2.24) is 0 Å². The summed E-state index contributed by atoms with van der Waals surface area (Å²) in [6.07, 6.45) is 9.32. The molecule has 4 aliphatic carbocycles. The maximum atomic E-state index is 11.5. The minimum atomic E-state index is -0.134. The topological polar surface area (TPSA) is 69.5 Å². The van der Waals surface area contributed by atoms with Crippen molar-refractivity contribution >= 4 is 17.4 Å². The van der Waals surface area contributed by atoms with E-state index in [2.05, 4.69) is 31.1 Å². The van der Waals surface area contributed by atoms with Crippen LogP contribution >= 0.6 is 0 Å². The van der Waals surface area contributed by atoms with E-state index in [1.54, 1.807) is 14.2 Å². The monoisotopic (exact) mass is 432 g/mol. The number of esters is 1. The Kier molecular flexibility index (Phi) is 6.12. The van der Waals surface area contributed by atoms with Crippen LogP contribution in [-0.4, -0.2) is 37.7 Å². The van der Waals surface area contributed by atoms with Crippen LogP contribution in [0.25, 0.3) is 0 Å². The van der Waals surface area contributed by atoms with Crippen LogP contribution < -0.4 is 0 Å². The highest BCUT2D eigenvalue weighted by molar-refractivity contribution is 6.08. The number of fused-ring (bicyclic) bond motifs is 5. The van der Waals surface area contributed by atoms with Gasteiger partial charge in [-0.05, 0) is 92.8 Å². The summed E-state index contributed by atoms with van der Waals surface area (Å²) < 4.78 is 5.62. The molecule has 0 amide bonds. The lowest BCUT2D eigenvalue weighted by Gasteiger charge is -2.60. The van der Waals surface area contributed by atoms with Crippen molar-refractivity contribution in [2.75, 3.05) is 14.2 Å². The number of carbonyl (C=O) groups excluding carboxylic acids is 1. The zero-order valence-corrected chi connectivity index (χ0v) is 20.1. The Hall–Kier alpha value is -1.59. The number of hydrogen-bond acceptors (Lipinski definition) is 6.